The van der Waals surface area contributed by atoms with Crippen LogP contribution in [-0.2, 0) is 24.6 Å². The van der Waals surface area contributed by atoms with Gasteiger partial charge in [-0.3, -0.25) is 4.72 Å². The minimum absolute atomic E-state index is 0.0325. The molecular formula is C16H17NO6S2. The van der Waals surface area contributed by atoms with Gasteiger partial charge in [0.25, 0.3) is 10.0 Å². The van der Waals surface area contributed by atoms with E-state index in [2.05, 4.69) is 9.46 Å². The van der Waals surface area contributed by atoms with Gasteiger partial charge in [-0.25, -0.2) is 21.6 Å². The van der Waals surface area contributed by atoms with Crippen LogP contribution in [0.2, 0.25) is 0 Å². The third kappa shape index (κ3) is 4.37. The van der Waals surface area contributed by atoms with E-state index >= 15 is 0 Å². The summed E-state index contributed by atoms with van der Waals surface area (Å²) < 4.78 is 54.8. The molecule has 0 fully saturated rings. The molecule has 7 nitrogen and oxygen atoms in total. The van der Waals surface area contributed by atoms with Gasteiger partial charge in [-0.15, -0.1) is 0 Å². The Morgan fingerprint density at radius 2 is 1.52 bits per heavy atom. The number of aryl methyl sites for hydroxylation is 1. The number of nitrogens with one attached hydrogen (secondary N) is 1. The quantitative estimate of drug-likeness (QED) is 0.791. The second-order valence-electron chi connectivity index (χ2n) is 5.37. The van der Waals surface area contributed by atoms with Gasteiger partial charge < -0.3 is 4.74 Å². The molecule has 1 N–H and O–H groups in total. The van der Waals surface area contributed by atoms with Crippen molar-refractivity contribution in [2.24, 2.45) is 0 Å². The minimum atomic E-state index is -3.90. The minimum Gasteiger partial charge on any atom is -0.465 e. The molecule has 0 unspecified atom stereocenters. The first-order chi connectivity index (χ1) is 11.5. The second kappa shape index (κ2) is 6.85. The summed E-state index contributed by atoms with van der Waals surface area (Å²) in [5.74, 6) is -0.520. The van der Waals surface area contributed by atoms with E-state index in [1.165, 1.54) is 49.6 Å². The molecule has 0 bridgehead atoms. The van der Waals surface area contributed by atoms with E-state index in [4.69, 9.17) is 0 Å². The highest BCUT2D eigenvalue weighted by Gasteiger charge is 2.17. The summed E-state index contributed by atoms with van der Waals surface area (Å²) in [6.07, 6.45) is 1.04. The fourth-order valence-electron chi connectivity index (χ4n) is 2.09. The number of hydrogen-bond donors (Lipinski definition) is 1. The molecule has 25 heavy (non-hydrogen) atoms. The van der Waals surface area contributed by atoms with E-state index in [0.717, 1.165) is 6.26 Å². The number of rotatable bonds is 5. The van der Waals surface area contributed by atoms with E-state index in [-0.39, 0.29) is 9.79 Å². The molecule has 0 aliphatic carbocycles. The van der Waals surface area contributed by atoms with E-state index in [1.54, 1.807) is 6.92 Å². The van der Waals surface area contributed by atoms with Gasteiger partial charge in [0.05, 0.1) is 28.2 Å². The molecule has 134 valence electrons. The van der Waals surface area contributed by atoms with Crippen molar-refractivity contribution in [2.75, 3.05) is 18.1 Å². The number of anilines is 1. The first kappa shape index (κ1) is 18.9. The molecule has 2 aromatic carbocycles. The Morgan fingerprint density at radius 1 is 0.960 bits per heavy atom. The standard InChI is InChI=1S/C16H17NO6S2/c1-11-10-12(16(18)23-2)4-9-15(11)17-25(21,22)14-7-5-13(6-8-14)24(3,19)20/h4-10,17H,1-3H3. The van der Waals surface area contributed by atoms with Gasteiger partial charge in [0.2, 0.25) is 0 Å². The largest absolute Gasteiger partial charge is 0.465 e. The topological polar surface area (TPSA) is 107 Å². The van der Waals surface area contributed by atoms with Crippen LogP contribution in [0.3, 0.4) is 0 Å². The van der Waals surface area contributed by atoms with Gasteiger partial charge >= 0.3 is 5.97 Å². The van der Waals surface area contributed by atoms with Crippen LogP contribution in [0.1, 0.15) is 15.9 Å². The average molecular weight is 383 g/mol. The maximum atomic E-state index is 12.4. The predicted molar refractivity (Wildman–Crippen MR) is 92.9 cm³/mol. The monoisotopic (exact) mass is 383 g/mol. The Bertz CT molecular complexity index is 1010. The lowest BCUT2D eigenvalue weighted by Gasteiger charge is -2.12. The van der Waals surface area contributed by atoms with Crippen molar-refractivity contribution in [1.82, 2.24) is 0 Å². The van der Waals surface area contributed by atoms with E-state index < -0.39 is 25.8 Å². The molecule has 0 radical (unpaired) electrons. The van der Waals surface area contributed by atoms with Crippen LogP contribution in [0.5, 0.6) is 0 Å². The zero-order valence-electron chi connectivity index (χ0n) is 13.8. The lowest BCUT2D eigenvalue weighted by atomic mass is 10.1. The molecule has 0 saturated heterocycles. The smallest absolute Gasteiger partial charge is 0.337 e. The van der Waals surface area contributed by atoms with E-state index in [9.17, 15) is 21.6 Å². The van der Waals surface area contributed by atoms with Gasteiger partial charge in [-0.2, -0.15) is 0 Å². The molecule has 0 amide bonds. The van der Waals surface area contributed by atoms with Crippen molar-refractivity contribution in [2.45, 2.75) is 16.7 Å². The molecule has 0 aliphatic rings. The third-order valence-corrected chi connectivity index (χ3v) is 5.96. The first-order valence-electron chi connectivity index (χ1n) is 7.06. The first-order valence-corrected chi connectivity index (χ1v) is 10.4. The summed E-state index contributed by atoms with van der Waals surface area (Å²) in [5, 5.41) is 0. The zero-order valence-corrected chi connectivity index (χ0v) is 15.4. The summed E-state index contributed by atoms with van der Waals surface area (Å²) in [6, 6.07) is 9.33. The summed E-state index contributed by atoms with van der Waals surface area (Å²) in [6.45, 7) is 1.65. The molecule has 9 heteroatoms. The Labute approximate surface area is 146 Å². The van der Waals surface area contributed by atoms with Crippen molar-refractivity contribution in [1.29, 1.82) is 0 Å². The average Bonchev–Trinajstić information content (AvgIpc) is 2.55. The number of carbonyl (C=O) groups excluding carboxylic acids is 1. The molecule has 0 heterocycles. The molecule has 0 atom stereocenters. The number of hydrogen-bond acceptors (Lipinski definition) is 6. The van der Waals surface area contributed by atoms with Crippen molar-refractivity contribution in [3.8, 4) is 0 Å². The van der Waals surface area contributed by atoms with Gasteiger partial charge in [0, 0.05) is 6.26 Å². The SMILES string of the molecule is COC(=O)c1ccc(NS(=O)(=O)c2ccc(S(C)(=O)=O)cc2)c(C)c1. The summed E-state index contributed by atoms with van der Waals surface area (Å²) >= 11 is 0. The summed E-state index contributed by atoms with van der Waals surface area (Å²) in [4.78, 5) is 11.4. The van der Waals surface area contributed by atoms with Gasteiger partial charge in [0.15, 0.2) is 9.84 Å². The van der Waals surface area contributed by atoms with Gasteiger partial charge in [0.1, 0.15) is 0 Å². The summed E-state index contributed by atoms with van der Waals surface area (Å²) in [7, 11) is -6.04. The molecule has 2 rings (SSSR count). The predicted octanol–water partition coefficient (Wildman–Crippen LogP) is 1.99. The van der Waals surface area contributed by atoms with Crippen LogP contribution in [0.4, 0.5) is 5.69 Å². The number of carbonyl (C=O) groups is 1. The molecule has 0 saturated carbocycles. The van der Waals surface area contributed by atoms with E-state index in [1.807, 2.05) is 0 Å². The second-order valence-corrected chi connectivity index (χ2v) is 9.07. The van der Waals surface area contributed by atoms with E-state index in [0.29, 0.717) is 16.8 Å². The highest BCUT2D eigenvalue weighted by atomic mass is 32.2. The fourth-order valence-corrected chi connectivity index (χ4v) is 3.85. The highest BCUT2D eigenvalue weighted by molar-refractivity contribution is 7.92. The van der Waals surface area contributed by atoms with Gasteiger partial charge in [-0.05, 0) is 55.0 Å². The van der Waals surface area contributed by atoms with Crippen LogP contribution in [0.25, 0.3) is 0 Å². The van der Waals surface area contributed by atoms with Crippen molar-refractivity contribution in [3.05, 3.63) is 53.6 Å². The Hall–Kier alpha value is -2.39. The van der Waals surface area contributed by atoms with Gasteiger partial charge in [-0.1, -0.05) is 0 Å². The van der Waals surface area contributed by atoms with Crippen LogP contribution in [0, 0.1) is 6.92 Å². The van der Waals surface area contributed by atoms with Crippen LogP contribution < -0.4 is 4.72 Å². The van der Waals surface area contributed by atoms with Crippen molar-refractivity contribution >= 4 is 31.5 Å². The third-order valence-electron chi connectivity index (χ3n) is 3.45. The number of methoxy groups -OCH3 is 1. The Morgan fingerprint density at radius 3 is 2.00 bits per heavy atom. The Balaban J connectivity index is 2.31. The molecule has 0 aliphatic heterocycles. The number of esters is 1. The molecule has 0 aromatic heterocycles. The van der Waals surface area contributed by atoms with Crippen LogP contribution >= 0.6 is 0 Å². The molecule has 0 spiro atoms. The maximum absolute atomic E-state index is 12.4. The normalized spacial score (nSPS) is 11.8. The van der Waals surface area contributed by atoms with Crippen LogP contribution in [0.15, 0.2) is 52.3 Å². The van der Waals surface area contributed by atoms with Crippen molar-refractivity contribution < 1.29 is 26.4 Å². The van der Waals surface area contributed by atoms with Crippen molar-refractivity contribution in [3.63, 3.8) is 0 Å². The Kier molecular flexibility index (Phi) is 5.19. The zero-order chi connectivity index (χ0) is 18.8. The summed E-state index contributed by atoms with van der Waals surface area (Å²) in [5.41, 5.74) is 1.15. The van der Waals surface area contributed by atoms with Crippen LogP contribution in [-0.4, -0.2) is 36.2 Å². The number of sulfonamides is 1. The maximum Gasteiger partial charge on any atom is 0.337 e. The molecular weight excluding hydrogens is 366 g/mol. The lowest BCUT2D eigenvalue weighted by molar-refractivity contribution is 0.0600. The number of ether oxygens (including phenoxy) is 1. The fraction of sp³-hybridized carbons (Fsp3) is 0.188. The molecule has 2 aromatic rings. The highest BCUT2D eigenvalue weighted by Crippen LogP contribution is 2.22. The number of benzene rings is 2. The lowest BCUT2D eigenvalue weighted by Crippen LogP contribution is -2.14. The number of sulfone groups is 1.